The Balaban J connectivity index is 1.85. The van der Waals surface area contributed by atoms with Crippen molar-refractivity contribution in [3.63, 3.8) is 0 Å². The van der Waals surface area contributed by atoms with Gasteiger partial charge in [-0.05, 0) is 60.6 Å². The third-order valence-electron chi connectivity index (χ3n) is 7.15. The zero-order valence-electron chi connectivity index (χ0n) is 22.0. The molecule has 1 N–H and O–H groups in total. The molecule has 0 radical (unpaired) electrons. The van der Waals surface area contributed by atoms with Crippen LogP contribution in [-0.4, -0.2) is 41.5 Å². The second-order valence-corrected chi connectivity index (χ2v) is 10.7. The van der Waals surface area contributed by atoms with Gasteiger partial charge in [-0.25, -0.2) is 0 Å². The highest BCUT2D eigenvalue weighted by atomic mass is 16.5. The van der Waals surface area contributed by atoms with E-state index in [0.717, 1.165) is 49.0 Å². The molecule has 6 heteroatoms. The summed E-state index contributed by atoms with van der Waals surface area (Å²) in [5.74, 6) is 0.125. The summed E-state index contributed by atoms with van der Waals surface area (Å²) in [7, 11) is 1.62. The van der Waals surface area contributed by atoms with Crippen molar-refractivity contribution in [2.45, 2.75) is 77.3 Å². The Kier molecular flexibility index (Phi) is 7.43. The first-order valence-electron chi connectivity index (χ1n) is 12.9. The quantitative estimate of drug-likeness (QED) is 0.286. The number of aliphatic hydroxyl groups is 1. The Morgan fingerprint density at radius 2 is 1.72 bits per heavy atom. The van der Waals surface area contributed by atoms with Crippen LogP contribution < -0.4 is 9.47 Å². The fourth-order valence-electron chi connectivity index (χ4n) is 5.30. The molecule has 1 unspecified atom stereocenters. The van der Waals surface area contributed by atoms with Crippen molar-refractivity contribution in [2.24, 2.45) is 0 Å². The molecule has 2 aliphatic rings. The Labute approximate surface area is 213 Å². The van der Waals surface area contributed by atoms with Crippen LogP contribution in [0.5, 0.6) is 11.5 Å². The molecule has 4 rings (SSSR count). The van der Waals surface area contributed by atoms with E-state index in [0.29, 0.717) is 17.9 Å². The summed E-state index contributed by atoms with van der Waals surface area (Å²) >= 11 is 0. The maximum atomic E-state index is 13.4. The van der Waals surface area contributed by atoms with Gasteiger partial charge in [0.1, 0.15) is 17.3 Å². The highest BCUT2D eigenvalue weighted by molar-refractivity contribution is 6.46. The number of benzene rings is 2. The minimum Gasteiger partial charge on any atom is -0.507 e. The van der Waals surface area contributed by atoms with Gasteiger partial charge in [0.2, 0.25) is 0 Å². The van der Waals surface area contributed by atoms with Crippen molar-refractivity contribution in [2.75, 3.05) is 13.7 Å². The van der Waals surface area contributed by atoms with Crippen molar-refractivity contribution in [1.82, 2.24) is 4.90 Å². The molecule has 1 amide bonds. The second-order valence-electron chi connectivity index (χ2n) is 10.7. The van der Waals surface area contributed by atoms with Gasteiger partial charge in [0.15, 0.2) is 0 Å². The first-order valence-corrected chi connectivity index (χ1v) is 12.9. The molecule has 1 heterocycles. The molecule has 2 fully saturated rings. The maximum Gasteiger partial charge on any atom is 0.295 e. The number of carbonyl (C=O) groups is 2. The van der Waals surface area contributed by atoms with E-state index in [9.17, 15) is 14.7 Å². The lowest BCUT2D eigenvalue weighted by atomic mass is 9.84. The van der Waals surface area contributed by atoms with Crippen LogP contribution >= 0.6 is 0 Å². The van der Waals surface area contributed by atoms with E-state index in [-0.39, 0.29) is 22.8 Å². The maximum absolute atomic E-state index is 13.4. The number of nitrogens with zero attached hydrogens (tertiary/aromatic N) is 1. The van der Waals surface area contributed by atoms with E-state index in [2.05, 4.69) is 20.8 Å². The molecule has 0 spiro atoms. The van der Waals surface area contributed by atoms with Gasteiger partial charge in [-0.15, -0.1) is 0 Å². The standard InChI is InChI=1S/C30H37NO5/c1-6-17-36-22-14-11-19(12-15-22)26-25(28(33)29(34)31(26)21-9-7-8-10-21)27(32)20-13-16-24(35-5)23(18-20)30(2,3)4/h11-16,18,21,26,32H,6-10,17H2,1-5H3/b27-25-. The minimum absolute atomic E-state index is 0.0197. The predicted octanol–water partition coefficient (Wildman–Crippen LogP) is 6.15. The van der Waals surface area contributed by atoms with E-state index < -0.39 is 17.7 Å². The van der Waals surface area contributed by atoms with E-state index >= 15 is 0 Å². The molecule has 36 heavy (non-hydrogen) atoms. The lowest BCUT2D eigenvalue weighted by Gasteiger charge is -2.31. The number of ether oxygens (including phenoxy) is 2. The Morgan fingerprint density at radius 1 is 1.06 bits per heavy atom. The third kappa shape index (κ3) is 4.86. The number of Topliss-reactive ketones (excluding diaryl/α,β-unsaturated/α-hetero) is 1. The van der Waals surface area contributed by atoms with Crippen molar-refractivity contribution in [3.8, 4) is 11.5 Å². The summed E-state index contributed by atoms with van der Waals surface area (Å²) < 4.78 is 11.3. The van der Waals surface area contributed by atoms with Crippen molar-refractivity contribution < 1.29 is 24.2 Å². The van der Waals surface area contributed by atoms with Gasteiger partial charge in [-0.3, -0.25) is 9.59 Å². The van der Waals surface area contributed by atoms with Gasteiger partial charge in [-0.1, -0.05) is 52.7 Å². The fraction of sp³-hybridized carbons (Fsp3) is 0.467. The van der Waals surface area contributed by atoms with Crippen LogP contribution in [0.4, 0.5) is 0 Å². The number of rotatable bonds is 7. The normalized spacial score (nSPS) is 20.2. The van der Waals surface area contributed by atoms with E-state index in [1.807, 2.05) is 37.3 Å². The van der Waals surface area contributed by atoms with Crippen molar-refractivity contribution >= 4 is 17.4 Å². The van der Waals surface area contributed by atoms with Crippen molar-refractivity contribution in [1.29, 1.82) is 0 Å². The summed E-state index contributed by atoms with van der Waals surface area (Å²) in [6, 6.07) is 12.3. The molecule has 0 bridgehead atoms. The molecule has 2 aromatic carbocycles. The Bertz CT molecular complexity index is 1150. The lowest BCUT2D eigenvalue weighted by molar-refractivity contribution is -0.141. The number of likely N-dealkylation sites (tertiary alicyclic amines) is 1. The van der Waals surface area contributed by atoms with Crippen LogP contribution in [0.25, 0.3) is 5.76 Å². The highest BCUT2D eigenvalue weighted by Crippen LogP contribution is 2.44. The Hall–Kier alpha value is -3.28. The number of hydrogen-bond donors (Lipinski definition) is 1. The minimum atomic E-state index is -0.645. The van der Waals surface area contributed by atoms with Gasteiger partial charge in [0.05, 0.1) is 25.3 Å². The van der Waals surface area contributed by atoms with Gasteiger partial charge in [0, 0.05) is 17.2 Å². The molecule has 1 aliphatic heterocycles. The van der Waals surface area contributed by atoms with Crippen LogP contribution in [0.1, 0.15) is 82.5 Å². The predicted molar refractivity (Wildman–Crippen MR) is 140 cm³/mol. The highest BCUT2D eigenvalue weighted by Gasteiger charge is 2.49. The summed E-state index contributed by atoms with van der Waals surface area (Å²) in [6.07, 6.45) is 4.67. The van der Waals surface area contributed by atoms with E-state index in [1.165, 1.54) is 0 Å². The van der Waals surface area contributed by atoms with Gasteiger partial charge >= 0.3 is 0 Å². The van der Waals surface area contributed by atoms with Crippen LogP contribution in [0.2, 0.25) is 0 Å². The number of hydrogen-bond acceptors (Lipinski definition) is 5. The van der Waals surface area contributed by atoms with E-state index in [4.69, 9.17) is 9.47 Å². The molecule has 1 saturated carbocycles. The van der Waals surface area contributed by atoms with Crippen LogP contribution in [0.3, 0.4) is 0 Å². The van der Waals surface area contributed by atoms with Crippen LogP contribution in [0.15, 0.2) is 48.0 Å². The average molecular weight is 492 g/mol. The number of ketones is 1. The molecule has 1 atom stereocenters. The van der Waals surface area contributed by atoms with Gasteiger partial charge in [-0.2, -0.15) is 0 Å². The van der Waals surface area contributed by atoms with Crippen LogP contribution in [0, 0.1) is 0 Å². The number of amides is 1. The average Bonchev–Trinajstić information content (AvgIpc) is 3.48. The third-order valence-corrected chi connectivity index (χ3v) is 7.15. The summed E-state index contributed by atoms with van der Waals surface area (Å²) in [6.45, 7) is 8.86. The summed E-state index contributed by atoms with van der Waals surface area (Å²) in [5.41, 5.74) is 2.09. The number of aliphatic hydroxyl groups excluding tert-OH is 1. The number of carbonyl (C=O) groups excluding carboxylic acids is 2. The molecule has 1 saturated heterocycles. The first-order chi connectivity index (χ1) is 17.2. The molecule has 0 aromatic heterocycles. The fourth-order valence-corrected chi connectivity index (χ4v) is 5.30. The molecule has 192 valence electrons. The zero-order chi connectivity index (χ0) is 26.0. The first kappa shape index (κ1) is 25.8. The molecule has 1 aliphatic carbocycles. The second kappa shape index (κ2) is 10.4. The SMILES string of the molecule is CCCOc1ccc(C2/C(=C(/O)c3ccc(OC)c(C(C)(C)C)c3)C(=O)C(=O)N2C2CCCC2)cc1. The molecular weight excluding hydrogens is 454 g/mol. The largest absolute Gasteiger partial charge is 0.507 e. The van der Waals surface area contributed by atoms with Crippen molar-refractivity contribution in [3.05, 3.63) is 64.7 Å². The van der Waals surface area contributed by atoms with Gasteiger partial charge < -0.3 is 19.5 Å². The van der Waals surface area contributed by atoms with Crippen LogP contribution in [-0.2, 0) is 15.0 Å². The topological polar surface area (TPSA) is 76.1 Å². The Morgan fingerprint density at radius 3 is 2.31 bits per heavy atom. The summed E-state index contributed by atoms with van der Waals surface area (Å²) in [4.78, 5) is 28.5. The molecule has 2 aromatic rings. The number of methoxy groups -OCH3 is 1. The smallest absolute Gasteiger partial charge is 0.295 e. The molecular formula is C30H37NO5. The zero-order valence-corrected chi connectivity index (χ0v) is 22.0. The monoisotopic (exact) mass is 491 g/mol. The van der Waals surface area contributed by atoms with E-state index in [1.54, 1.807) is 24.1 Å². The van der Waals surface area contributed by atoms with Gasteiger partial charge in [0.25, 0.3) is 11.7 Å². The summed E-state index contributed by atoms with van der Waals surface area (Å²) in [5, 5.41) is 11.5. The lowest BCUT2D eigenvalue weighted by Crippen LogP contribution is -2.37. The molecule has 6 nitrogen and oxygen atoms in total.